The van der Waals surface area contributed by atoms with E-state index in [-0.39, 0.29) is 53.9 Å². The lowest BCUT2D eigenvalue weighted by molar-refractivity contribution is -0.138. The highest BCUT2D eigenvalue weighted by Crippen LogP contribution is 2.44. The first-order chi connectivity index (χ1) is 17.7. The van der Waals surface area contributed by atoms with E-state index >= 15 is 0 Å². The molecule has 0 fully saturated rings. The minimum atomic E-state index is -4.74. The molecule has 0 spiro atoms. The molecule has 0 radical (unpaired) electrons. The SMILES string of the molecule is Cc1c(C(F)(F)F)ccc2c1N(C(=O)OC(C)C)CCCC2N(C#N)Cc1cc(CF)cc(C(F)(F)F)c1. The minimum Gasteiger partial charge on any atom is -0.446 e. The number of rotatable bonds is 5. The van der Waals surface area contributed by atoms with Crippen molar-refractivity contribution in [2.24, 2.45) is 0 Å². The topological polar surface area (TPSA) is 56.6 Å². The molecule has 0 saturated carbocycles. The molecule has 12 heteroatoms. The van der Waals surface area contributed by atoms with E-state index in [9.17, 15) is 40.8 Å². The predicted octanol–water partition coefficient (Wildman–Crippen LogP) is 7.67. The van der Waals surface area contributed by atoms with Gasteiger partial charge in [-0.15, -0.1) is 0 Å². The first-order valence-electron chi connectivity index (χ1n) is 11.8. The first-order valence-corrected chi connectivity index (χ1v) is 11.8. The molecule has 0 N–H and O–H groups in total. The fraction of sp³-hybridized carbons (Fsp3) is 0.462. The van der Waals surface area contributed by atoms with Gasteiger partial charge in [0.2, 0.25) is 0 Å². The maximum absolute atomic E-state index is 13.8. The maximum Gasteiger partial charge on any atom is 0.416 e. The van der Waals surface area contributed by atoms with Gasteiger partial charge in [-0.05, 0) is 74.1 Å². The van der Waals surface area contributed by atoms with E-state index in [1.54, 1.807) is 13.8 Å². The number of hydrogen-bond acceptors (Lipinski definition) is 4. The van der Waals surface area contributed by atoms with Crippen LogP contribution in [0, 0.1) is 18.4 Å². The third-order valence-corrected chi connectivity index (χ3v) is 6.20. The molecule has 206 valence electrons. The monoisotopic (exact) mass is 545 g/mol. The van der Waals surface area contributed by atoms with Crippen molar-refractivity contribution in [2.75, 3.05) is 11.4 Å². The number of halogens is 7. The van der Waals surface area contributed by atoms with Crippen LogP contribution in [0.1, 0.15) is 66.1 Å². The summed E-state index contributed by atoms with van der Waals surface area (Å²) in [4.78, 5) is 15.1. The van der Waals surface area contributed by atoms with E-state index in [0.29, 0.717) is 6.07 Å². The van der Waals surface area contributed by atoms with Gasteiger partial charge in [-0.1, -0.05) is 12.1 Å². The summed E-state index contributed by atoms with van der Waals surface area (Å²) in [5.74, 6) is 0. The van der Waals surface area contributed by atoms with Crippen molar-refractivity contribution in [3.63, 3.8) is 0 Å². The highest BCUT2D eigenvalue weighted by atomic mass is 19.4. The molecule has 1 amide bonds. The van der Waals surface area contributed by atoms with Crippen molar-refractivity contribution in [3.05, 3.63) is 63.7 Å². The second-order valence-electron chi connectivity index (χ2n) is 9.31. The molecule has 0 bridgehead atoms. The quantitative estimate of drug-likeness (QED) is 0.220. The fourth-order valence-electron chi connectivity index (χ4n) is 4.64. The van der Waals surface area contributed by atoms with Crippen molar-refractivity contribution in [1.29, 1.82) is 5.26 Å². The van der Waals surface area contributed by atoms with Gasteiger partial charge in [0.25, 0.3) is 0 Å². The summed E-state index contributed by atoms with van der Waals surface area (Å²) in [6.07, 6.45) is -8.44. The molecule has 3 rings (SSSR count). The Hall–Kier alpha value is -3.49. The van der Waals surface area contributed by atoms with Crippen LogP contribution in [0.15, 0.2) is 30.3 Å². The first kappa shape index (κ1) is 29.1. The number of nitrogens with zero attached hydrogens (tertiary/aromatic N) is 3. The van der Waals surface area contributed by atoms with Crippen molar-refractivity contribution < 1.29 is 40.3 Å². The summed E-state index contributed by atoms with van der Waals surface area (Å²) >= 11 is 0. The molecule has 1 atom stereocenters. The van der Waals surface area contributed by atoms with E-state index in [0.717, 1.165) is 21.9 Å². The molecule has 5 nitrogen and oxygen atoms in total. The summed E-state index contributed by atoms with van der Waals surface area (Å²) in [5.41, 5.74) is -2.31. The molecule has 2 aromatic rings. The summed E-state index contributed by atoms with van der Waals surface area (Å²) in [7, 11) is 0. The number of carbonyl (C=O) groups excluding carboxylic acids is 1. The van der Waals surface area contributed by atoms with Gasteiger partial charge in [-0.2, -0.15) is 31.6 Å². The van der Waals surface area contributed by atoms with Gasteiger partial charge in [-0.3, -0.25) is 9.80 Å². The van der Waals surface area contributed by atoms with Crippen LogP contribution >= 0.6 is 0 Å². The third-order valence-electron chi connectivity index (χ3n) is 6.20. The smallest absolute Gasteiger partial charge is 0.416 e. The lowest BCUT2D eigenvalue weighted by Crippen LogP contribution is -2.35. The fourth-order valence-corrected chi connectivity index (χ4v) is 4.64. The van der Waals surface area contributed by atoms with Gasteiger partial charge in [0.05, 0.1) is 35.5 Å². The van der Waals surface area contributed by atoms with Gasteiger partial charge in [-0.25, -0.2) is 9.18 Å². The summed E-state index contributed by atoms with van der Waals surface area (Å²) in [6.45, 7) is 2.91. The van der Waals surface area contributed by atoms with E-state index in [1.165, 1.54) is 19.1 Å². The zero-order valence-electron chi connectivity index (χ0n) is 20.9. The molecular weight excluding hydrogens is 519 g/mol. The zero-order chi connectivity index (χ0) is 28.4. The highest BCUT2D eigenvalue weighted by molar-refractivity contribution is 5.90. The minimum absolute atomic E-state index is 0.00598. The van der Waals surface area contributed by atoms with E-state index in [4.69, 9.17) is 4.74 Å². The van der Waals surface area contributed by atoms with E-state index in [1.807, 2.05) is 6.19 Å². The largest absolute Gasteiger partial charge is 0.446 e. The second kappa shape index (κ2) is 11.1. The van der Waals surface area contributed by atoms with E-state index < -0.39 is 48.4 Å². The number of ether oxygens (including phenoxy) is 1. The standard InChI is InChI=1S/C26H26F7N3O2/c1-15(2)38-24(37)36-8-4-5-22(20-6-7-21(26(31,32)33)16(3)23(20)36)35(14-34)13-18-9-17(12-27)10-19(11-18)25(28,29)30/h6-7,9-11,15,22H,4-5,8,12-13H2,1-3H3. The Balaban J connectivity index is 2.12. The number of nitriles is 1. The average Bonchev–Trinajstić information content (AvgIpc) is 3.01. The van der Waals surface area contributed by atoms with Gasteiger partial charge >= 0.3 is 18.4 Å². The molecule has 38 heavy (non-hydrogen) atoms. The number of hydrogen-bond donors (Lipinski definition) is 0. The summed E-state index contributed by atoms with van der Waals surface area (Å²) < 4.78 is 99.9. The van der Waals surface area contributed by atoms with Crippen molar-refractivity contribution in [1.82, 2.24) is 4.90 Å². The van der Waals surface area contributed by atoms with Crippen LogP contribution < -0.4 is 4.90 Å². The number of fused-ring (bicyclic) bond motifs is 1. The molecule has 1 heterocycles. The number of anilines is 1. The van der Waals surface area contributed by atoms with Crippen LogP contribution in [0.5, 0.6) is 0 Å². The predicted molar refractivity (Wildman–Crippen MR) is 125 cm³/mol. The highest BCUT2D eigenvalue weighted by Gasteiger charge is 2.39. The second-order valence-corrected chi connectivity index (χ2v) is 9.31. The Morgan fingerprint density at radius 2 is 1.79 bits per heavy atom. The molecule has 1 aliphatic rings. The van der Waals surface area contributed by atoms with Crippen LogP contribution in [-0.2, 0) is 30.3 Å². The molecular formula is C26H26F7N3O2. The van der Waals surface area contributed by atoms with Crippen molar-refractivity contribution in [3.8, 4) is 6.19 Å². The molecule has 0 aromatic heterocycles. The Morgan fingerprint density at radius 1 is 1.13 bits per heavy atom. The van der Waals surface area contributed by atoms with Crippen molar-refractivity contribution in [2.45, 2.75) is 71.3 Å². The molecule has 0 saturated heterocycles. The Morgan fingerprint density at radius 3 is 2.34 bits per heavy atom. The number of amides is 1. The van der Waals surface area contributed by atoms with Crippen LogP contribution in [0.25, 0.3) is 0 Å². The molecule has 2 aromatic carbocycles. The van der Waals surface area contributed by atoms with Gasteiger partial charge in [0.1, 0.15) is 6.67 Å². The summed E-state index contributed by atoms with van der Waals surface area (Å²) in [6, 6.07) is 3.88. The van der Waals surface area contributed by atoms with Gasteiger partial charge in [0, 0.05) is 6.54 Å². The Labute approximate surface area is 215 Å². The maximum atomic E-state index is 13.8. The summed E-state index contributed by atoms with van der Waals surface area (Å²) in [5, 5.41) is 9.95. The van der Waals surface area contributed by atoms with Crippen LogP contribution in [0.2, 0.25) is 0 Å². The number of benzene rings is 2. The van der Waals surface area contributed by atoms with Crippen molar-refractivity contribution >= 4 is 11.8 Å². The molecule has 0 aliphatic carbocycles. The van der Waals surface area contributed by atoms with Gasteiger partial charge in [0.15, 0.2) is 6.19 Å². The molecule has 1 unspecified atom stereocenters. The van der Waals surface area contributed by atoms with Crippen LogP contribution in [0.3, 0.4) is 0 Å². The molecule has 1 aliphatic heterocycles. The Bertz CT molecular complexity index is 1220. The van der Waals surface area contributed by atoms with Gasteiger partial charge < -0.3 is 4.74 Å². The van der Waals surface area contributed by atoms with Crippen LogP contribution in [-0.4, -0.2) is 23.6 Å². The number of carbonyl (C=O) groups is 1. The normalized spacial score (nSPS) is 16.1. The zero-order valence-corrected chi connectivity index (χ0v) is 20.9. The lowest BCUT2D eigenvalue weighted by Gasteiger charge is -2.31. The third kappa shape index (κ3) is 6.31. The Kier molecular flexibility index (Phi) is 8.48. The average molecular weight is 545 g/mol. The van der Waals surface area contributed by atoms with E-state index in [2.05, 4.69) is 0 Å². The van der Waals surface area contributed by atoms with Crippen LogP contribution in [0.4, 0.5) is 41.2 Å². The lowest BCUT2D eigenvalue weighted by atomic mass is 9.94. The number of alkyl halides is 7.